The van der Waals surface area contributed by atoms with Gasteiger partial charge in [-0.2, -0.15) is 0 Å². The van der Waals surface area contributed by atoms with E-state index in [0.717, 1.165) is 39.1 Å². The lowest BCUT2D eigenvalue weighted by atomic mass is 10.2. The highest BCUT2D eigenvalue weighted by atomic mass is 16.5. The first-order valence-corrected chi connectivity index (χ1v) is 6.35. The summed E-state index contributed by atoms with van der Waals surface area (Å²) in [5.41, 5.74) is 3.69. The SMILES string of the molecule is COc1ccc2nc(-c3coc4ccccc34)[nH]c2c1. The number of nitrogens with zero attached hydrogens (tertiary/aromatic N) is 1. The lowest BCUT2D eigenvalue weighted by Crippen LogP contribution is -1.81. The van der Waals surface area contributed by atoms with Crippen molar-refractivity contribution in [2.75, 3.05) is 7.11 Å². The fourth-order valence-corrected chi connectivity index (χ4v) is 2.40. The smallest absolute Gasteiger partial charge is 0.142 e. The summed E-state index contributed by atoms with van der Waals surface area (Å²) in [4.78, 5) is 7.92. The Labute approximate surface area is 115 Å². The second-order valence-electron chi connectivity index (χ2n) is 4.61. The summed E-state index contributed by atoms with van der Waals surface area (Å²) in [5.74, 6) is 1.61. The number of hydrogen-bond donors (Lipinski definition) is 1. The van der Waals surface area contributed by atoms with Crippen molar-refractivity contribution in [3.63, 3.8) is 0 Å². The molecule has 0 radical (unpaired) electrons. The average Bonchev–Trinajstić information content (AvgIpc) is 3.09. The van der Waals surface area contributed by atoms with Crippen molar-refractivity contribution in [3.05, 3.63) is 48.7 Å². The minimum absolute atomic E-state index is 0.804. The highest BCUT2D eigenvalue weighted by Crippen LogP contribution is 2.30. The van der Waals surface area contributed by atoms with Gasteiger partial charge in [-0.1, -0.05) is 18.2 Å². The van der Waals surface area contributed by atoms with Gasteiger partial charge in [-0.05, 0) is 18.2 Å². The van der Waals surface area contributed by atoms with Crippen LogP contribution in [0.1, 0.15) is 0 Å². The molecule has 20 heavy (non-hydrogen) atoms. The Kier molecular flexibility index (Phi) is 2.29. The maximum absolute atomic E-state index is 5.56. The van der Waals surface area contributed by atoms with Crippen LogP contribution in [0.4, 0.5) is 0 Å². The highest BCUT2D eigenvalue weighted by molar-refractivity contribution is 5.94. The summed E-state index contributed by atoms with van der Waals surface area (Å²) >= 11 is 0. The second-order valence-corrected chi connectivity index (χ2v) is 4.61. The number of H-pyrrole nitrogens is 1. The summed E-state index contributed by atoms with van der Waals surface area (Å²) < 4.78 is 10.8. The van der Waals surface area contributed by atoms with Crippen LogP contribution in [-0.4, -0.2) is 17.1 Å². The molecule has 0 atom stereocenters. The summed E-state index contributed by atoms with van der Waals surface area (Å²) in [6.07, 6.45) is 1.74. The molecule has 98 valence electrons. The van der Waals surface area contributed by atoms with Gasteiger partial charge < -0.3 is 14.1 Å². The van der Waals surface area contributed by atoms with Crippen LogP contribution in [0.15, 0.2) is 53.1 Å². The van der Waals surface area contributed by atoms with Crippen molar-refractivity contribution < 1.29 is 9.15 Å². The van der Waals surface area contributed by atoms with E-state index in [-0.39, 0.29) is 0 Å². The zero-order valence-corrected chi connectivity index (χ0v) is 10.9. The molecule has 2 heterocycles. The molecule has 4 nitrogen and oxygen atoms in total. The largest absolute Gasteiger partial charge is 0.497 e. The predicted molar refractivity (Wildman–Crippen MR) is 77.9 cm³/mol. The zero-order chi connectivity index (χ0) is 13.5. The standard InChI is InChI=1S/C16H12N2O2/c1-19-10-6-7-13-14(8-10)18-16(17-13)12-9-20-15-5-3-2-4-11(12)15/h2-9H,1H3,(H,17,18). The summed E-state index contributed by atoms with van der Waals surface area (Å²) in [6, 6.07) is 13.7. The fourth-order valence-electron chi connectivity index (χ4n) is 2.40. The molecule has 4 heteroatoms. The van der Waals surface area contributed by atoms with Gasteiger partial charge in [-0.15, -0.1) is 0 Å². The molecule has 4 aromatic rings. The van der Waals surface area contributed by atoms with Gasteiger partial charge in [0.2, 0.25) is 0 Å². The molecule has 0 unspecified atom stereocenters. The lowest BCUT2D eigenvalue weighted by Gasteiger charge is -1.96. The third-order valence-corrected chi connectivity index (χ3v) is 3.43. The van der Waals surface area contributed by atoms with E-state index in [1.54, 1.807) is 13.4 Å². The molecule has 2 aromatic carbocycles. The van der Waals surface area contributed by atoms with E-state index in [2.05, 4.69) is 9.97 Å². The molecule has 2 aromatic heterocycles. The van der Waals surface area contributed by atoms with Crippen LogP contribution < -0.4 is 4.74 Å². The molecule has 1 N–H and O–H groups in total. The molecule has 0 aliphatic rings. The first-order chi connectivity index (χ1) is 9.85. The number of aromatic amines is 1. The molecular weight excluding hydrogens is 252 g/mol. The minimum atomic E-state index is 0.804. The van der Waals surface area contributed by atoms with E-state index in [1.165, 1.54) is 0 Å². The topological polar surface area (TPSA) is 51.1 Å². The average molecular weight is 264 g/mol. The van der Waals surface area contributed by atoms with Crippen LogP contribution >= 0.6 is 0 Å². The normalized spacial score (nSPS) is 11.2. The molecule has 0 saturated heterocycles. The van der Waals surface area contributed by atoms with Crippen molar-refractivity contribution in [3.8, 4) is 17.1 Å². The van der Waals surface area contributed by atoms with Gasteiger partial charge in [0.25, 0.3) is 0 Å². The van der Waals surface area contributed by atoms with E-state index in [4.69, 9.17) is 9.15 Å². The minimum Gasteiger partial charge on any atom is -0.497 e. The molecule has 0 spiro atoms. The number of nitrogens with one attached hydrogen (secondary N) is 1. The number of hydrogen-bond acceptors (Lipinski definition) is 3. The first-order valence-electron chi connectivity index (χ1n) is 6.35. The number of para-hydroxylation sites is 1. The summed E-state index contributed by atoms with van der Waals surface area (Å²) in [6.45, 7) is 0. The fraction of sp³-hybridized carbons (Fsp3) is 0.0625. The summed E-state index contributed by atoms with van der Waals surface area (Å²) in [7, 11) is 1.65. The van der Waals surface area contributed by atoms with Crippen LogP contribution in [0.3, 0.4) is 0 Å². The molecule has 0 aliphatic carbocycles. The highest BCUT2D eigenvalue weighted by Gasteiger charge is 2.12. The Hall–Kier alpha value is -2.75. The number of fused-ring (bicyclic) bond motifs is 2. The van der Waals surface area contributed by atoms with Crippen LogP contribution in [0.5, 0.6) is 5.75 Å². The van der Waals surface area contributed by atoms with Gasteiger partial charge in [-0.3, -0.25) is 0 Å². The molecule has 0 fully saturated rings. The van der Waals surface area contributed by atoms with E-state index >= 15 is 0 Å². The van der Waals surface area contributed by atoms with Crippen molar-refractivity contribution in [2.24, 2.45) is 0 Å². The molecule has 0 aliphatic heterocycles. The van der Waals surface area contributed by atoms with Crippen LogP contribution in [-0.2, 0) is 0 Å². The van der Waals surface area contributed by atoms with E-state index in [1.807, 2.05) is 42.5 Å². The zero-order valence-electron chi connectivity index (χ0n) is 10.9. The number of ether oxygens (including phenoxy) is 1. The van der Waals surface area contributed by atoms with Crippen molar-refractivity contribution in [1.82, 2.24) is 9.97 Å². The monoisotopic (exact) mass is 264 g/mol. The molecule has 0 bridgehead atoms. The Balaban J connectivity index is 1.93. The number of benzene rings is 2. The Morgan fingerprint density at radius 3 is 2.95 bits per heavy atom. The van der Waals surface area contributed by atoms with Crippen molar-refractivity contribution in [2.45, 2.75) is 0 Å². The van der Waals surface area contributed by atoms with Crippen LogP contribution in [0, 0.1) is 0 Å². The molecule has 0 saturated carbocycles. The lowest BCUT2D eigenvalue weighted by molar-refractivity contribution is 0.415. The van der Waals surface area contributed by atoms with Gasteiger partial charge in [0.1, 0.15) is 23.4 Å². The molecule has 4 rings (SSSR count). The van der Waals surface area contributed by atoms with E-state index in [0.29, 0.717) is 0 Å². The van der Waals surface area contributed by atoms with E-state index in [9.17, 15) is 0 Å². The number of furan rings is 1. The van der Waals surface area contributed by atoms with Crippen LogP contribution in [0.25, 0.3) is 33.4 Å². The third-order valence-electron chi connectivity index (χ3n) is 3.43. The maximum atomic E-state index is 5.56. The third kappa shape index (κ3) is 1.58. The first kappa shape index (κ1) is 11.1. The number of rotatable bonds is 2. The maximum Gasteiger partial charge on any atom is 0.142 e. The van der Waals surface area contributed by atoms with Crippen molar-refractivity contribution in [1.29, 1.82) is 0 Å². The van der Waals surface area contributed by atoms with Gasteiger partial charge in [0.05, 0.1) is 23.7 Å². The number of aromatic nitrogens is 2. The second kappa shape index (κ2) is 4.13. The van der Waals surface area contributed by atoms with Gasteiger partial charge >= 0.3 is 0 Å². The van der Waals surface area contributed by atoms with E-state index < -0.39 is 0 Å². The van der Waals surface area contributed by atoms with Crippen molar-refractivity contribution >= 4 is 22.0 Å². The predicted octanol–water partition coefficient (Wildman–Crippen LogP) is 3.98. The Morgan fingerprint density at radius 1 is 1.15 bits per heavy atom. The van der Waals surface area contributed by atoms with Gasteiger partial charge in [0.15, 0.2) is 0 Å². The number of imidazole rings is 1. The quantitative estimate of drug-likeness (QED) is 0.595. The Bertz CT molecular complexity index is 905. The molecule has 0 amide bonds. The Morgan fingerprint density at radius 2 is 2.05 bits per heavy atom. The number of methoxy groups -OCH3 is 1. The molecular formula is C16H12N2O2. The van der Waals surface area contributed by atoms with Crippen LogP contribution in [0.2, 0.25) is 0 Å². The van der Waals surface area contributed by atoms with Gasteiger partial charge in [-0.25, -0.2) is 4.98 Å². The summed E-state index contributed by atoms with van der Waals surface area (Å²) in [5, 5.41) is 1.05. The van der Waals surface area contributed by atoms with Gasteiger partial charge in [0, 0.05) is 11.5 Å².